The number of fused-ring (bicyclic) bond motifs is 1. The van der Waals surface area contributed by atoms with Crippen molar-refractivity contribution in [1.82, 2.24) is 9.38 Å². The van der Waals surface area contributed by atoms with Gasteiger partial charge in [-0.25, -0.2) is 4.98 Å². The van der Waals surface area contributed by atoms with Crippen molar-refractivity contribution >= 4 is 28.8 Å². The van der Waals surface area contributed by atoms with Crippen molar-refractivity contribution in [1.29, 1.82) is 0 Å². The molecule has 2 aromatic heterocycles. The number of rotatable bonds is 2. The molecule has 0 amide bonds. The fourth-order valence-electron chi connectivity index (χ4n) is 2.10. The van der Waals surface area contributed by atoms with Crippen LogP contribution in [0.4, 0.5) is 0 Å². The van der Waals surface area contributed by atoms with Gasteiger partial charge in [0.2, 0.25) is 0 Å². The third kappa shape index (κ3) is 2.21. The van der Waals surface area contributed by atoms with E-state index in [1.165, 1.54) is 0 Å². The van der Waals surface area contributed by atoms with Crippen LogP contribution in [-0.2, 0) is 6.54 Å². The van der Waals surface area contributed by atoms with Gasteiger partial charge in [-0.2, -0.15) is 0 Å². The molecule has 0 saturated carbocycles. The van der Waals surface area contributed by atoms with E-state index in [2.05, 4.69) is 4.98 Å². The summed E-state index contributed by atoms with van der Waals surface area (Å²) in [5, 5.41) is 1.36. The van der Waals surface area contributed by atoms with Crippen molar-refractivity contribution < 1.29 is 0 Å². The van der Waals surface area contributed by atoms with Crippen molar-refractivity contribution in [2.45, 2.75) is 6.54 Å². The lowest BCUT2D eigenvalue weighted by atomic mass is 10.1. The van der Waals surface area contributed by atoms with Gasteiger partial charge in [0.15, 0.2) is 0 Å². The smallest absolute Gasteiger partial charge is 0.139 e. The molecule has 1 aromatic carbocycles. The van der Waals surface area contributed by atoms with Gasteiger partial charge in [0, 0.05) is 34.4 Å². The highest BCUT2D eigenvalue weighted by Gasteiger charge is 2.12. The summed E-state index contributed by atoms with van der Waals surface area (Å²) < 4.78 is 1.95. The van der Waals surface area contributed by atoms with Crippen molar-refractivity contribution in [3.63, 3.8) is 0 Å². The van der Waals surface area contributed by atoms with E-state index in [1.54, 1.807) is 0 Å². The Labute approximate surface area is 120 Å². The Morgan fingerprint density at radius 3 is 2.47 bits per heavy atom. The number of hydrogen-bond donors (Lipinski definition) is 1. The Morgan fingerprint density at radius 1 is 1.05 bits per heavy atom. The fourth-order valence-corrected chi connectivity index (χ4v) is 2.38. The van der Waals surface area contributed by atoms with Gasteiger partial charge in [-0.05, 0) is 18.2 Å². The summed E-state index contributed by atoms with van der Waals surface area (Å²) in [6.45, 7) is 0.404. The number of hydrogen-bond acceptors (Lipinski definition) is 2. The fraction of sp³-hybridized carbons (Fsp3) is 0.0714. The topological polar surface area (TPSA) is 43.3 Å². The second-order valence-electron chi connectivity index (χ2n) is 4.19. The minimum atomic E-state index is 0.404. The van der Waals surface area contributed by atoms with E-state index in [1.807, 2.05) is 47.0 Å². The third-order valence-electron chi connectivity index (χ3n) is 3.00. The van der Waals surface area contributed by atoms with Crippen LogP contribution in [0.15, 0.2) is 42.6 Å². The van der Waals surface area contributed by atoms with Crippen LogP contribution in [0, 0.1) is 0 Å². The molecule has 0 bridgehead atoms. The Bertz CT molecular complexity index is 732. The average molecular weight is 292 g/mol. The standard InChI is InChI=1S/C14H11Cl2N3/c15-10-3-1-9(2-4-10)14-12(8-17)19-6-5-11(16)7-13(19)18-14/h1-7H,8,17H2. The van der Waals surface area contributed by atoms with Gasteiger partial charge in [0.25, 0.3) is 0 Å². The highest BCUT2D eigenvalue weighted by Crippen LogP contribution is 2.26. The van der Waals surface area contributed by atoms with Crippen LogP contribution in [0.5, 0.6) is 0 Å². The number of pyridine rings is 1. The van der Waals surface area contributed by atoms with Crippen LogP contribution in [-0.4, -0.2) is 9.38 Å². The summed E-state index contributed by atoms with van der Waals surface area (Å²) in [4.78, 5) is 4.60. The largest absolute Gasteiger partial charge is 0.325 e. The number of benzene rings is 1. The van der Waals surface area contributed by atoms with Crippen molar-refractivity contribution in [2.24, 2.45) is 5.73 Å². The lowest BCUT2D eigenvalue weighted by molar-refractivity contribution is 0.962. The monoisotopic (exact) mass is 291 g/mol. The van der Waals surface area contributed by atoms with Crippen molar-refractivity contribution in [3.8, 4) is 11.3 Å². The van der Waals surface area contributed by atoms with E-state index < -0.39 is 0 Å². The molecule has 0 fully saturated rings. The van der Waals surface area contributed by atoms with Crippen LogP contribution in [0.3, 0.4) is 0 Å². The predicted molar refractivity (Wildman–Crippen MR) is 78.5 cm³/mol. The summed E-state index contributed by atoms with van der Waals surface area (Å²) in [6.07, 6.45) is 1.88. The molecule has 0 aliphatic rings. The molecule has 3 rings (SSSR count). The first-order valence-electron chi connectivity index (χ1n) is 5.81. The van der Waals surface area contributed by atoms with Gasteiger partial charge >= 0.3 is 0 Å². The normalized spacial score (nSPS) is 11.1. The highest BCUT2D eigenvalue weighted by molar-refractivity contribution is 6.31. The Hall–Kier alpha value is -1.55. The maximum atomic E-state index is 5.99. The van der Waals surface area contributed by atoms with E-state index in [-0.39, 0.29) is 0 Å². The second-order valence-corrected chi connectivity index (χ2v) is 5.06. The zero-order chi connectivity index (χ0) is 13.4. The van der Waals surface area contributed by atoms with Crippen molar-refractivity contribution in [3.05, 3.63) is 58.3 Å². The van der Waals surface area contributed by atoms with Gasteiger partial charge in [0.05, 0.1) is 11.4 Å². The predicted octanol–water partition coefficient (Wildman–Crippen LogP) is 3.77. The SMILES string of the molecule is NCc1c(-c2ccc(Cl)cc2)nc2cc(Cl)ccn12. The van der Waals surface area contributed by atoms with Crippen LogP contribution in [0.25, 0.3) is 16.9 Å². The molecule has 19 heavy (non-hydrogen) atoms. The lowest BCUT2D eigenvalue weighted by Gasteiger charge is -2.02. The van der Waals surface area contributed by atoms with Gasteiger partial charge < -0.3 is 10.1 Å². The van der Waals surface area contributed by atoms with E-state index in [9.17, 15) is 0 Å². The molecule has 0 aliphatic heterocycles. The third-order valence-corrected chi connectivity index (χ3v) is 3.49. The van der Waals surface area contributed by atoms with Crippen molar-refractivity contribution in [2.75, 3.05) is 0 Å². The molecule has 0 unspecified atom stereocenters. The number of imidazole rings is 1. The molecule has 2 N–H and O–H groups in total. The first-order chi connectivity index (χ1) is 9.19. The lowest BCUT2D eigenvalue weighted by Crippen LogP contribution is -2.02. The molecule has 0 radical (unpaired) electrons. The first kappa shape index (κ1) is 12.5. The quantitative estimate of drug-likeness (QED) is 0.781. The molecule has 3 nitrogen and oxygen atoms in total. The van der Waals surface area contributed by atoms with E-state index in [0.29, 0.717) is 16.6 Å². The molecule has 0 saturated heterocycles. The van der Waals surface area contributed by atoms with Crippen LogP contribution < -0.4 is 5.73 Å². The average Bonchev–Trinajstić information content (AvgIpc) is 2.77. The summed E-state index contributed by atoms with van der Waals surface area (Å²) in [5.41, 5.74) is 9.44. The Morgan fingerprint density at radius 2 is 1.79 bits per heavy atom. The first-order valence-corrected chi connectivity index (χ1v) is 6.57. The molecule has 0 aliphatic carbocycles. The molecule has 3 aromatic rings. The zero-order valence-electron chi connectivity index (χ0n) is 9.98. The van der Waals surface area contributed by atoms with Crippen LogP contribution in [0.1, 0.15) is 5.69 Å². The highest BCUT2D eigenvalue weighted by atomic mass is 35.5. The molecule has 5 heteroatoms. The van der Waals surface area contributed by atoms with Gasteiger partial charge in [-0.3, -0.25) is 0 Å². The molecular weight excluding hydrogens is 281 g/mol. The van der Waals surface area contributed by atoms with Gasteiger partial charge in [0.1, 0.15) is 5.65 Å². The van der Waals surface area contributed by atoms with E-state index in [0.717, 1.165) is 22.6 Å². The van der Waals surface area contributed by atoms with Crippen LogP contribution in [0.2, 0.25) is 10.0 Å². The van der Waals surface area contributed by atoms with E-state index >= 15 is 0 Å². The molecule has 2 heterocycles. The van der Waals surface area contributed by atoms with Gasteiger partial charge in [-0.1, -0.05) is 35.3 Å². The summed E-state index contributed by atoms with van der Waals surface area (Å²) in [7, 11) is 0. The maximum Gasteiger partial charge on any atom is 0.139 e. The minimum absolute atomic E-state index is 0.404. The van der Waals surface area contributed by atoms with E-state index in [4.69, 9.17) is 28.9 Å². The summed E-state index contributed by atoms with van der Waals surface area (Å²) >= 11 is 11.9. The molecule has 0 spiro atoms. The number of aromatic nitrogens is 2. The summed E-state index contributed by atoms with van der Waals surface area (Å²) in [6, 6.07) is 11.2. The van der Waals surface area contributed by atoms with Crippen LogP contribution >= 0.6 is 23.2 Å². The maximum absolute atomic E-state index is 5.99. The number of halogens is 2. The number of nitrogens with zero attached hydrogens (tertiary/aromatic N) is 2. The number of nitrogens with two attached hydrogens (primary N) is 1. The zero-order valence-corrected chi connectivity index (χ0v) is 11.5. The molecule has 96 valence electrons. The minimum Gasteiger partial charge on any atom is -0.325 e. The van der Waals surface area contributed by atoms with Gasteiger partial charge in [-0.15, -0.1) is 0 Å². The molecule has 0 atom stereocenters. The molecular formula is C14H11Cl2N3. The second kappa shape index (κ2) is 4.85. The summed E-state index contributed by atoms with van der Waals surface area (Å²) in [5.74, 6) is 0. The Balaban J connectivity index is 2.25. The Kier molecular flexibility index (Phi) is 3.19.